The van der Waals surface area contributed by atoms with Crippen LogP contribution in [0.1, 0.15) is 38.4 Å². The number of nitro groups is 1. The van der Waals surface area contributed by atoms with Crippen LogP contribution in [0.3, 0.4) is 0 Å². The summed E-state index contributed by atoms with van der Waals surface area (Å²) in [6, 6.07) is 5.70. The van der Waals surface area contributed by atoms with Gasteiger partial charge in [0.15, 0.2) is 0 Å². The van der Waals surface area contributed by atoms with Crippen molar-refractivity contribution in [1.82, 2.24) is 4.98 Å². The summed E-state index contributed by atoms with van der Waals surface area (Å²) in [4.78, 5) is 15.5. The minimum absolute atomic E-state index is 0.0495. The Morgan fingerprint density at radius 2 is 2.10 bits per heavy atom. The van der Waals surface area contributed by atoms with Crippen LogP contribution in [-0.2, 0) is 12.8 Å². The van der Waals surface area contributed by atoms with Gasteiger partial charge in [-0.3, -0.25) is 10.1 Å². The maximum atomic E-state index is 11.4. The van der Waals surface area contributed by atoms with E-state index in [0.717, 1.165) is 23.9 Å². The summed E-state index contributed by atoms with van der Waals surface area (Å²) < 4.78 is 0. The van der Waals surface area contributed by atoms with Crippen LogP contribution in [0.25, 0.3) is 10.9 Å². The first kappa shape index (κ1) is 15.7. The number of para-hydroxylation sites is 1. The average Bonchev–Trinajstić information content (AvgIpc) is 2.39. The number of halogens is 1. The number of hydrogen-bond acceptors (Lipinski definition) is 3. The Kier molecular flexibility index (Phi) is 4.78. The van der Waals surface area contributed by atoms with E-state index < -0.39 is 4.92 Å². The third kappa shape index (κ3) is 3.16. The van der Waals surface area contributed by atoms with Gasteiger partial charge in [-0.05, 0) is 24.3 Å². The molecule has 0 aliphatic heterocycles. The smallest absolute Gasteiger partial charge is 0.258 e. The Bertz CT molecular complexity index is 684. The van der Waals surface area contributed by atoms with Crippen molar-refractivity contribution < 1.29 is 4.92 Å². The van der Waals surface area contributed by atoms with E-state index in [9.17, 15) is 10.1 Å². The molecule has 0 saturated heterocycles. The molecule has 1 aromatic heterocycles. The minimum Gasteiger partial charge on any atom is -0.258 e. The predicted molar refractivity (Wildman–Crippen MR) is 85.9 cm³/mol. The normalized spacial score (nSPS) is 11.3. The Morgan fingerprint density at radius 3 is 2.67 bits per heavy atom. The number of aromatic nitrogens is 1. The van der Waals surface area contributed by atoms with E-state index in [-0.39, 0.29) is 16.6 Å². The lowest BCUT2D eigenvalue weighted by atomic mass is 10.0. The van der Waals surface area contributed by atoms with Crippen molar-refractivity contribution in [3.8, 4) is 0 Å². The van der Waals surface area contributed by atoms with Gasteiger partial charge in [-0.2, -0.15) is 0 Å². The van der Waals surface area contributed by atoms with Gasteiger partial charge in [-0.1, -0.05) is 57.0 Å². The molecule has 5 heteroatoms. The summed E-state index contributed by atoms with van der Waals surface area (Å²) in [6.45, 7) is 6.13. The zero-order chi connectivity index (χ0) is 15.6. The van der Waals surface area contributed by atoms with Gasteiger partial charge in [0, 0.05) is 5.39 Å². The molecule has 0 N–H and O–H groups in total. The van der Waals surface area contributed by atoms with Gasteiger partial charge in [0.2, 0.25) is 0 Å². The second-order valence-corrected chi connectivity index (χ2v) is 6.02. The SMILES string of the molecule is CCCc1cccc2c(Cl)c([N+](=O)[O-])c(CC(C)C)nc12. The summed E-state index contributed by atoms with van der Waals surface area (Å²) in [6.07, 6.45) is 2.43. The summed E-state index contributed by atoms with van der Waals surface area (Å²) in [7, 11) is 0. The lowest BCUT2D eigenvalue weighted by Gasteiger charge is -2.11. The molecule has 4 nitrogen and oxygen atoms in total. The third-order valence-corrected chi connectivity index (χ3v) is 3.77. The van der Waals surface area contributed by atoms with Crippen LogP contribution in [0.2, 0.25) is 5.02 Å². The quantitative estimate of drug-likeness (QED) is 0.580. The summed E-state index contributed by atoms with van der Waals surface area (Å²) >= 11 is 6.32. The predicted octanol–water partition coefficient (Wildman–Crippen LogP) is 4.95. The minimum atomic E-state index is -0.418. The van der Waals surface area contributed by atoms with Crippen molar-refractivity contribution in [2.75, 3.05) is 0 Å². The number of fused-ring (bicyclic) bond motifs is 1. The fourth-order valence-electron chi connectivity index (χ4n) is 2.53. The zero-order valence-corrected chi connectivity index (χ0v) is 13.3. The van der Waals surface area contributed by atoms with E-state index in [2.05, 4.69) is 11.9 Å². The molecule has 0 saturated carbocycles. The van der Waals surface area contributed by atoms with E-state index in [1.807, 2.05) is 26.0 Å². The molecule has 2 aromatic rings. The Balaban J connectivity index is 2.77. The first-order chi connectivity index (χ1) is 9.95. The highest BCUT2D eigenvalue weighted by Crippen LogP contribution is 2.36. The summed E-state index contributed by atoms with van der Waals surface area (Å²) in [5.74, 6) is 0.281. The van der Waals surface area contributed by atoms with Crippen LogP contribution >= 0.6 is 11.6 Å². The molecule has 112 valence electrons. The van der Waals surface area contributed by atoms with Gasteiger partial charge < -0.3 is 0 Å². The molecule has 0 bridgehead atoms. The molecule has 0 unspecified atom stereocenters. The molecule has 0 fully saturated rings. The number of nitrogens with zero attached hydrogens (tertiary/aromatic N) is 2. The second-order valence-electron chi connectivity index (χ2n) is 5.64. The van der Waals surface area contributed by atoms with Gasteiger partial charge in [0.1, 0.15) is 10.7 Å². The lowest BCUT2D eigenvalue weighted by Crippen LogP contribution is -2.05. The van der Waals surface area contributed by atoms with Crippen LogP contribution < -0.4 is 0 Å². The van der Waals surface area contributed by atoms with Gasteiger partial charge >= 0.3 is 5.69 Å². The molecule has 2 rings (SSSR count). The van der Waals surface area contributed by atoms with Crippen LogP contribution in [0.4, 0.5) is 5.69 Å². The summed E-state index contributed by atoms with van der Waals surface area (Å²) in [5, 5.41) is 12.2. The molecule has 0 atom stereocenters. The molecule has 1 aromatic carbocycles. The maximum absolute atomic E-state index is 11.4. The molecular formula is C16H19ClN2O2. The third-order valence-electron chi connectivity index (χ3n) is 3.39. The van der Waals surface area contributed by atoms with Crippen molar-refractivity contribution in [2.24, 2.45) is 5.92 Å². The van der Waals surface area contributed by atoms with Crippen molar-refractivity contribution in [2.45, 2.75) is 40.0 Å². The molecule has 0 amide bonds. The molecular weight excluding hydrogens is 288 g/mol. The lowest BCUT2D eigenvalue weighted by molar-refractivity contribution is -0.385. The molecule has 0 radical (unpaired) electrons. The number of pyridine rings is 1. The first-order valence-electron chi connectivity index (χ1n) is 7.20. The van der Waals surface area contributed by atoms with E-state index in [1.165, 1.54) is 0 Å². The molecule has 1 heterocycles. The van der Waals surface area contributed by atoms with Crippen LogP contribution in [0, 0.1) is 16.0 Å². The van der Waals surface area contributed by atoms with E-state index in [4.69, 9.17) is 11.6 Å². The molecule has 0 aliphatic rings. The molecule has 21 heavy (non-hydrogen) atoms. The second kappa shape index (κ2) is 6.39. The van der Waals surface area contributed by atoms with Gasteiger partial charge in [-0.15, -0.1) is 0 Å². The van der Waals surface area contributed by atoms with Gasteiger partial charge in [0.05, 0.1) is 10.4 Å². The monoisotopic (exact) mass is 306 g/mol. The maximum Gasteiger partial charge on any atom is 0.309 e. The average molecular weight is 307 g/mol. The zero-order valence-electron chi connectivity index (χ0n) is 12.5. The van der Waals surface area contributed by atoms with Crippen LogP contribution in [0.15, 0.2) is 18.2 Å². The van der Waals surface area contributed by atoms with Crippen LogP contribution in [0.5, 0.6) is 0 Å². The van der Waals surface area contributed by atoms with Crippen molar-refractivity contribution in [3.05, 3.63) is 44.6 Å². The van der Waals surface area contributed by atoms with Crippen molar-refractivity contribution in [3.63, 3.8) is 0 Å². The first-order valence-corrected chi connectivity index (χ1v) is 7.57. The Hall–Kier alpha value is -1.68. The number of aryl methyl sites for hydroxylation is 1. The van der Waals surface area contributed by atoms with Gasteiger partial charge in [0.25, 0.3) is 0 Å². The van der Waals surface area contributed by atoms with E-state index >= 15 is 0 Å². The molecule has 0 aliphatic carbocycles. The van der Waals surface area contributed by atoms with Crippen molar-refractivity contribution in [1.29, 1.82) is 0 Å². The fraction of sp³-hybridized carbons (Fsp3) is 0.438. The highest BCUT2D eigenvalue weighted by atomic mass is 35.5. The number of rotatable bonds is 5. The topological polar surface area (TPSA) is 56.0 Å². The van der Waals surface area contributed by atoms with Crippen molar-refractivity contribution >= 4 is 28.2 Å². The number of hydrogen-bond donors (Lipinski definition) is 0. The summed E-state index contributed by atoms with van der Waals surface area (Å²) in [5.41, 5.74) is 2.32. The van der Waals surface area contributed by atoms with E-state index in [0.29, 0.717) is 17.5 Å². The van der Waals surface area contributed by atoms with Crippen LogP contribution in [-0.4, -0.2) is 9.91 Å². The highest BCUT2D eigenvalue weighted by Gasteiger charge is 2.24. The van der Waals surface area contributed by atoms with E-state index in [1.54, 1.807) is 6.07 Å². The number of benzene rings is 1. The highest BCUT2D eigenvalue weighted by molar-refractivity contribution is 6.37. The largest absolute Gasteiger partial charge is 0.309 e. The van der Waals surface area contributed by atoms with Gasteiger partial charge in [-0.25, -0.2) is 4.98 Å². The molecule has 0 spiro atoms. The standard InChI is InChI=1S/C16H19ClN2O2/c1-4-6-11-7-5-8-12-14(17)16(19(20)21)13(9-10(2)3)18-15(11)12/h5,7-8,10H,4,6,9H2,1-3H3. The Labute approximate surface area is 129 Å². The fourth-order valence-corrected chi connectivity index (χ4v) is 2.86. The Morgan fingerprint density at radius 1 is 1.38 bits per heavy atom.